The molecule has 1 atom stereocenters. The lowest BCUT2D eigenvalue weighted by molar-refractivity contribution is -0.122. The molecule has 3 aromatic rings. The number of ether oxygens (including phenoxy) is 2. The molecule has 0 saturated heterocycles. The number of hydrogen-bond acceptors (Lipinski definition) is 4. The SMILES string of the molecule is COc1ccc2ccc(O[C@@H](C)C(=O)Nc3ccc(NC(C)=O)cc3)cc2c1. The van der Waals surface area contributed by atoms with Crippen LogP contribution >= 0.6 is 0 Å². The minimum Gasteiger partial charge on any atom is -0.497 e. The second kappa shape index (κ2) is 8.43. The topological polar surface area (TPSA) is 76.7 Å². The van der Waals surface area contributed by atoms with E-state index in [-0.39, 0.29) is 11.8 Å². The molecular formula is C22H22N2O4. The molecule has 0 heterocycles. The lowest BCUT2D eigenvalue weighted by atomic mass is 10.1. The van der Waals surface area contributed by atoms with Crippen molar-refractivity contribution in [1.29, 1.82) is 0 Å². The van der Waals surface area contributed by atoms with Gasteiger partial charge < -0.3 is 20.1 Å². The Kier molecular flexibility index (Phi) is 5.79. The van der Waals surface area contributed by atoms with E-state index in [1.165, 1.54) is 6.92 Å². The fourth-order valence-corrected chi connectivity index (χ4v) is 2.74. The number of nitrogens with one attached hydrogen (secondary N) is 2. The van der Waals surface area contributed by atoms with E-state index in [0.717, 1.165) is 16.5 Å². The molecule has 0 spiro atoms. The Hall–Kier alpha value is -3.54. The molecule has 6 heteroatoms. The van der Waals surface area contributed by atoms with Crippen molar-refractivity contribution in [2.24, 2.45) is 0 Å². The van der Waals surface area contributed by atoms with Crippen LogP contribution in [0, 0.1) is 0 Å². The maximum Gasteiger partial charge on any atom is 0.265 e. The Morgan fingerprint density at radius 3 is 2.00 bits per heavy atom. The quantitative estimate of drug-likeness (QED) is 0.674. The zero-order valence-electron chi connectivity index (χ0n) is 16.0. The van der Waals surface area contributed by atoms with E-state index >= 15 is 0 Å². The number of hydrogen-bond donors (Lipinski definition) is 2. The van der Waals surface area contributed by atoms with Gasteiger partial charge in [-0.2, -0.15) is 0 Å². The predicted molar refractivity (Wildman–Crippen MR) is 110 cm³/mol. The summed E-state index contributed by atoms with van der Waals surface area (Å²) < 4.78 is 11.0. The van der Waals surface area contributed by atoms with E-state index in [1.54, 1.807) is 38.3 Å². The summed E-state index contributed by atoms with van der Waals surface area (Å²) in [6.07, 6.45) is -0.682. The molecule has 6 nitrogen and oxygen atoms in total. The highest BCUT2D eigenvalue weighted by Crippen LogP contribution is 2.25. The summed E-state index contributed by atoms with van der Waals surface area (Å²) in [5.41, 5.74) is 1.29. The van der Waals surface area contributed by atoms with Gasteiger partial charge in [-0.15, -0.1) is 0 Å². The first-order valence-electron chi connectivity index (χ1n) is 8.87. The molecule has 144 valence electrons. The van der Waals surface area contributed by atoms with Crippen molar-refractivity contribution in [2.75, 3.05) is 17.7 Å². The molecule has 28 heavy (non-hydrogen) atoms. The summed E-state index contributed by atoms with van der Waals surface area (Å²) in [5.74, 6) is 0.951. The van der Waals surface area contributed by atoms with E-state index < -0.39 is 6.10 Å². The van der Waals surface area contributed by atoms with E-state index in [9.17, 15) is 9.59 Å². The molecule has 3 rings (SSSR count). The first kappa shape index (κ1) is 19.2. The number of fused-ring (bicyclic) bond motifs is 1. The lowest BCUT2D eigenvalue weighted by Gasteiger charge is -2.15. The summed E-state index contributed by atoms with van der Waals surface area (Å²) in [6, 6.07) is 18.3. The number of benzene rings is 3. The van der Waals surface area contributed by atoms with Gasteiger partial charge in [0.2, 0.25) is 5.91 Å². The van der Waals surface area contributed by atoms with Gasteiger partial charge in [-0.1, -0.05) is 12.1 Å². The Balaban J connectivity index is 1.65. The normalized spacial score (nSPS) is 11.5. The monoisotopic (exact) mass is 378 g/mol. The van der Waals surface area contributed by atoms with Gasteiger partial charge in [0.25, 0.3) is 5.91 Å². The van der Waals surface area contributed by atoms with Gasteiger partial charge in [-0.05, 0) is 66.2 Å². The molecular weight excluding hydrogens is 356 g/mol. The first-order valence-corrected chi connectivity index (χ1v) is 8.87. The van der Waals surface area contributed by atoms with Crippen LogP contribution in [-0.4, -0.2) is 25.0 Å². The van der Waals surface area contributed by atoms with Crippen LogP contribution in [0.5, 0.6) is 11.5 Å². The molecule has 0 aromatic heterocycles. The maximum atomic E-state index is 12.4. The zero-order valence-corrected chi connectivity index (χ0v) is 16.0. The molecule has 0 saturated carbocycles. The van der Waals surface area contributed by atoms with Gasteiger partial charge in [-0.25, -0.2) is 0 Å². The Morgan fingerprint density at radius 1 is 0.821 bits per heavy atom. The van der Waals surface area contributed by atoms with E-state index in [4.69, 9.17) is 9.47 Å². The Labute approximate surface area is 163 Å². The van der Waals surface area contributed by atoms with Crippen LogP contribution in [0.1, 0.15) is 13.8 Å². The second-order valence-corrected chi connectivity index (χ2v) is 6.38. The first-order chi connectivity index (χ1) is 13.4. The molecule has 0 aliphatic heterocycles. The third kappa shape index (κ3) is 4.79. The van der Waals surface area contributed by atoms with Crippen LogP contribution in [0.25, 0.3) is 10.8 Å². The summed E-state index contributed by atoms with van der Waals surface area (Å²) in [5, 5.41) is 7.51. The van der Waals surface area contributed by atoms with Gasteiger partial charge in [0.15, 0.2) is 6.10 Å². The third-order valence-corrected chi connectivity index (χ3v) is 4.17. The van der Waals surface area contributed by atoms with Gasteiger partial charge in [-0.3, -0.25) is 9.59 Å². The minimum absolute atomic E-state index is 0.146. The molecule has 0 radical (unpaired) electrons. The predicted octanol–water partition coefficient (Wildman–Crippen LogP) is 4.21. The molecule has 0 aliphatic carbocycles. The number of methoxy groups -OCH3 is 1. The summed E-state index contributed by atoms with van der Waals surface area (Å²) in [4.78, 5) is 23.5. The summed E-state index contributed by atoms with van der Waals surface area (Å²) in [6.45, 7) is 3.13. The highest BCUT2D eigenvalue weighted by molar-refractivity contribution is 5.95. The van der Waals surface area contributed by atoms with E-state index in [1.807, 2.05) is 36.4 Å². The second-order valence-electron chi connectivity index (χ2n) is 6.38. The van der Waals surface area contributed by atoms with Crippen LogP contribution in [0.15, 0.2) is 60.7 Å². The molecule has 3 aromatic carbocycles. The highest BCUT2D eigenvalue weighted by Gasteiger charge is 2.15. The smallest absolute Gasteiger partial charge is 0.265 e. The largest absolute Gasteiger partial charge is 0.497 e. The van der Waals surface area contributed by atoms with Crippen LogP contribution in [-0.2, 0) is 9.59 Å². The molecule has 0 bridgehead atoms. The standard InChI is InChI=1S/C22H22N2O4/c1-14(22(26)24-19-8-6-18(7-9-19)23-15(2)25)28-21-11-5-16-4-10-20(27-3)12-17(16)13-21/h4-14H,1-3H3,(H,23,25)(H,24,26)/t14-/m0/s1. The van der Waals surface area contributed by atoms with Crippen molar-refractivity contribution < 1.29 is 19.1 Å². The van der Waals surface area contributed by atoms with Crippen LogP contribution in [0.3, 0.4) is 0 Å². The summed E-state index contributed by atoms with van der Waals surface area (Å²) in [7, 11) is 1.62. The highest BCUT2D eigenvalue weighted by atomic mass is 16.5. The molecule has 0 aliphatic rings. The minimum atomic E-state index is -0.682. The number of carbonyl (C=O) groups is 2. The average molecular weight is 378 g/mol. The van der Waals surface area contributed by atoms with Gasteiger partial charge in [0, 0.05) is 18.3 Å². The number of anilines is 2. The maximum absolute atomic E-state index is 12.4. The Bertz CT molecular complexity index is 999. The van der Waals surface area contributed by atoms with Crippen molar-refractivity contribution in [1.82, 2.24) is 0 Å². The Morgan fingerprint density at radius 2 is 1.39 bits per heavy atom. The zero-order chi connectivity index (χ0) is 20.1. The fraction of sp³-hybridized carbons (Fsp3) is 0.182. The fourth-order valence-electron chi connectivity index (χ4n) is 2.74. The van der Waals surface area contributed by atoms with Gasteiger partial charge >= 0.3 is 0 Å². The summed E-state index contributed by atoms with van der Waals surface area (Å²) >= 11 is 0. The van der Waals surface area contributed by atoms with Crippen LogP contribution in [0.2, 0.25) is 0 Å². The number of carbonyl (C=O) groups excluding carboxylic acids is 2. The lowest BCUT2D eigenvalue weighted by Crippen LogP contribution is -2.30. The molecule has 2 N–H and O–H groups in total. The van der Waals surface area contributed by atoms with Crippen LogP contribution in [0.4, 0.5) is 11.4 Å². The van der Waals surface area contributed by atoms with Gasteiger partial charge in [0.1, 0.15) is 11.5 Å². The molecule has 0 unspecified atom stereocenters. The van der Waals surface area contributed by atoms with E-state index in [0.29, 0.717) is 17.1 Å². The van der Waals surface area contributed by atoms with E-state index in [2.05, 4.69) is 10.6 Å². The molecule has 2 amide bonds. The van der Waals surface area contributed by atoms with Gasteiger partial charge in [0.05, 0.1) is 7.11 Å². The van der Waals surface area contributed by atoms with Crippen molar-refractivity contribution in [2.45, 2.75) is 20.0 Å². The van der Waals surface area contributed by atoms with Crippen molar-refractivity contribution in [3.8, 4) is 11.5 Å². The average Bonchev–Trinajstić information content (AvgIpc) is 2.68. The number of rotatable bonds is 6. The number of amides is 2. The molecule has 0 fully saturated rings. The van der Waals surface area contributed by atoms with Crippen LogP contribution < -0.4 is 20.1 Å². The van der Waals surface area contributed by atoms with Crippen molar-refractivity contribution >= 4 is 34.0 Å². The third-order valence-electron chi connectivity index (χ3n) is 4.17. The van der Waals surface area contributed by atoms with Crippen molar-refractivity contribution in [3.63, 3.8) is 0 Å². The van der Waals surface area contributed by atoms with Crippen molar-refractivity contribution in [3.05, 3.63) is 60.7 Å².